The molecule has 0 fully saturated rings. The summed E-state index contributed by atoms with van der Waals surface area (Å²) in [4.78, 5) is 6.36. The fourth-order valence-electron chi connectivity index (χ4n) is 2.13. The van der Waals surface area contributed by atoms with Gasteiger partial charge < -0.3 is 15.2 Å². The van der Waals surface area contributed by atoms with Gasteiger partial charge in [0.1, 0.15) is 11.6 Å². The normalized spacial score (nSPS) is 10.7. The minimum atomic E-state index is -0.224. The Balaban J connectivity index is 2.23. The maximum atomic E-state index is 13.3. The van der Waals surface area contributed by atoms with Gasteiger partial charge in [0.25, 0.3) is 0 Å². The lowest BCUT2D eigenvalue weighted by Crippen LogP contribution is -2.21. The van der Waals surface area contributed by atoms with Gasteiger partial charge in [-0.3, -0.25) is 0 Å². The number of anilines is 1. The second-order valence-electron chi connectivity index (χ2n) is 4.62. The third-order valence-electron chi connectivity index (χ3n) is 3.17. The monoisotopic (exact) mass is 262 g/mol. The highest BCUT2D eigenvalue weighted by Gasteiger charge is 2.10. The maximum Gasteiger partial charge on any atom is 0.127 e. The minimum Gasteiger partial charge on any atom is -0.367 e. The van der Waals surface area contributed by atoms with E-state index in [0.717, 1.165) is 17.1 Å². The van der Waals surface area contributed by atoms with E-state index in [1.54, 1.807) is 18.3 Å². The van der Waals surface area contributed by atoms with Crippen molar-refractivity contribution in [2.24, 2.45) is 12.8 Å². The van der Waals surface area contributed by atoms with Gasteiger partial charge in [0.15, 0.2) is 0 Å². The van der Waals surface area contributed by atoms with Gasteiger partial charge >= 0.3 is 0 Å². The molecule has 2 aromatic rings. The van der Waals surface area contributed by atoms with Crippen molar-refractivity contribution in [2.45, 2.75) is 13.0 Å². The predicted octanol–water partition coefficient (Wildman–Crippen LogP) is 1.70. The number of aromatic nitrogens is 2. The number of halogens is 1. The van der Waals surface area contributed by atoms with Crippen LogP contribution in [0.5, 0.6) is 0 Å². The van der Waals surface area contributed by atoms with Crippen molar-refractivity contribution in [1.29, 1.82) is 0 Å². The van der Waals surface area contributed by atoms with E-state index in [9.17, 15) is 4.39 Å². The van der Waals surface area contributed by atoms with E-state index in [1.807, 2.05) is 24.9 Å². The largest absolute Gasteiger partial charge is 0.367 e. The van der Waals surface area contributed by atoms with Crippen LogP contribution in [0.3, 0.4) is 0 Å². The smallest absolute Gasteiger partial charge is 0.127 e. The third-order valence-corrected chi connectivity index (χ3v) is 3.17. The zero-order valence-electron chi connectivity index (χ0n) is 11.3. The summed E-state index contributed by atoms with van der Waals surface area (Å²) >= 11 is 0. The van der Waals surface area contributed by atoms with Crippen LogP contribution in [-0.4, -0.2) is 23.1 Å². The van der Waals surface area contributed by atoms with Gasteiger partial charge in [-0.15, -0.1) is 0 Å². The molecule has 0 spiro atoms. The molecule has 0 aliphatic heterocycles. The quantitative estimate of drug-likeness (QED) is 0.892. The van der Waals surface area contributed by atoms with Crippen LogP contribution in [0.4, 0.5) is 10.1 Å². The van der Waals surface area contributed by atoms with E-state index < -0.39 is 0 Å². The van der Waals surface area contributed by atoms with E-state index >= 15 is 0 Å². The van der Waals surface area contributed by atoms with Crippen LogP contribution in [-0.2, 0) is 20.0 Å². The third kappa shape index (κ3) is 3.12. The molecule has 2 N–H and O–H groups in total. The molecule has 0 unspecified atom stereocenters. The van der Waals surface area contributed by atoms with E-state index in [0.29, 0.717) is 19.5 Å². The van der Waals surface area contributed by atoms with Crippen LogP contribution in [0, 0.1) is 5.82 Å². The van der Waals surface area contributed by atoms with Gasteiger partial charge in [-0.05, 0) is 36.7 Å². The molecule has 0 radical (unpaired) electrons. The average Bonchev–Trinajstić information content (AvgIpc) is 2.75. The maximum absolute atomic E-state index is 13.3. The van der Waals surface area contributed by atoms with Gasteiger partial charge in [-0.1, -0.05) is 0 Å². The van der Waals surface area contributed by atoms with Crippen LogP contribution < -0.4 is 10.6 Å². The second-order valence-corrected chi connectivity index (χ2v) is 4.62. The molecule has 0 saturated heterocycles. The lowest BCUT2D eigenvalue weighted by Gasteiger charge is -2.22. The van der Waals surface area contributed by atoms with Crippen LogP contribution in [0.15, 0.2) is 30.6 Å². The Morgan fingerprint density at radius 1 is 1.42 bits per heavy atom. The van der Waals surface area contributed by atoms with Crippen molar-refractivity contribution >= 4 is 5.69 Å². The molecule has 1 aromatic heterocycles. The Morgan fingerprint density at radius 3 is 2.84 bits per heavy atom. The predicted molar refractivity (Wildman–Crippen MR) is 74.5 cm³/mol. The Bertz CT molecular complexity index is 550. The lowest BCUT2D eigenvalue weighted by atomic mass is 10.1. The summed E-state index contributed by atoms with van der Waals surface area (Å²) in [7, 11) is 3.93. The van der Waals surface area contributed by atoms with Crippen LogP contribution >= 0.6 is 0 Å². The van der Waals surface area contributed by atoms with Gasteiger partial charge in [0.2, 0.25) is 0 Å². The summed E-state index contributed by atoms with van der Waals surface area (Å²) in [6, 6.07) is 4.82. The Morgan fingerprint density at radius 2 is 2.21 bits per heavy atom. The van der Waals surface area contributed by atoms with Gasteiger partial charge in [0, 0.05) is 32.2 Å². The highest BCUT2D eigenvalue weighted by Crippen LogP contribution is 2.22. The fourth-order valence-corrected chi connectivity index (χ4v) is 2.13. The van der Waals surface area contributed by atoms with Crippen molar-refractivity contribution in [3.8, 4) is 0 Å². The number of rotatable bonds is 5. The second kappa shape index (κ2) is 5.84. The lowest BCUT2D eigenvalue weighted by molar-refractivity contribution is 0.624. The number of hydrogen-bond donors (Lipinski definition) is 1. The van der Waals surface area contributed by atoms with Crippen LogP contribution in [0.2, 0.25) is 0 Å². The van der Waals surface area contributed by atoms with Crippen LogP contribution in [0.1, 0.15) is 11.4 Å². The fraction of sp³-hybridized carbons (Fsp3) is 0.357. The highest BCUT2D eigenvalue weighted by atomic mass is 19.1. The van der Waals surface area contributed by atoms with Crippen molar-refractivity contribution in [3.05, 3.63) is 47.8 Å². The highest BCUT2D eigenvalue weighted by molar-refractivity contribution is 5.53. The summed E-state index contributed by atoms with van der Waals surface area (Å²) in [5.74, 6) is 0.739. The molecule has 0 aliphatic rings. The van der Waals surface area contributed by atoms with Gasteiger partial charge in [-0.25, -0.2) is 9.37 Å². The van der Waals surface area contributed by atoms with Crippen LogP contribution in [0.25, 0.3) is 0 Å². The van der Waals surface area contributed by atoms with Gasteiger partial charge in [0.05, 0.1) is 6.54 Å². The van der Waals surface area contributed by atoms with Crippen molar-refractivity contribution in [2.75, 3.05) is 18.5 Å². The topological polar surface area (TPSA) is 47.1 Å². The first kappa shape index (κ1) is 13.5. The molecular formula is C14H19FN4. The molecule has 1 aromatic carbocycles. The standard InChI is InChI=1S/C14H19FN4/c1-18-8-7-17-14(18)10-19(2)13-4-3-12(15)9-11(13)5-6-16/h3-4,7-9H,5-6,10,16H2,1-2H3. The zero-order valence-corrected chi connectivity index (χ0v) is 11.3. The molecule has 2 rings (SSSR count). The summed E-state index contributed by atoms with van der Waals surface area (Å²) in [5.41, 5.74) is 7.51. The van der Waals surface area contributed by atoms with Crippen molar-refractivity contribution in [3.63, 3.8) is 0 Å². The number of imidazole rings is 1. The molecule has 0 saturated carbocycles. The average molecular weight is 262 g/mol. The first-order chi connectivity index (χ1) is 9.11. The molecule has 102 valence electrons. The van der Waals surface area contributed by atoms with Gasteiger partial charge in [-0.2, -0.15) is 0 Å². The Hall–Kier alpha value is -1.88. The SMILES string of the molecule is CN(Cc1nccn1C)c1ccc(F)cc1CCN. The molecule has 0 aliphatic carbocycles. The molecule has 1 heterocycles. The first-order valence-corrected chi connectivity index (χ1v) is 6.27. The molecule has 5 heteroatoms. The van der Waals surface area contributed by atoms with Crippen molar-refractivity contribution in [1.82, 2.24) is 9.55 Å². The number of hydrogen-bond acceptors (Lipinski definition) is 3. The summed E-state index contributed by atoms with van der Waals surface area (Å²) in [6.45, 7) is 1.18. The number of nitrogens with zero attached hydrogens (tertiary/aromatic N) is 3. The molecule has 19 heavy (non-hydrogen) atoms. The summed E-state index contributed by atoms with van der Waals surface area (Å²) in [5, 5.41) is 0. The number of aryl methyl sites for hydroxylation is 1. The summed E-state index contributed by atoms with van der Waals surface area (Å²) < 4.78 is 15.3. The molecule has 0 atom stereocenters. The minimum absolute atomic E-state index is 0.224. The first-order valence-electron chi connectivity index (χ1n) is 6.27. The summed E-state index contributed by atoms with van der Waals surface area (Å²) in [6.07, 6.45) is 4.35. The molecule has 0 amide bonds. The van der Waals surface area contributed by atoms with Crippen molar-refractivity contribution < 1.29 is 4.39 Å². The van der Waals surface area contributed by atoms with E-state index in [4.69, 9.17) is 5.73 Å². The number of nitrogens with two attached hydrogens (primary N) is 1. The number of benzene rings is 1. The molecule has 0 bridgehead atoms. The molecular weight excluding hydrogens is 243 g/mol. The van der Waals surface area contributed by atoms with E-state index in [-0.39, 0.29) is 5.82 Å². The Labute approximate surface area is 112 Å². The molecule has 4 nitrogen and oxygen atoms in total. The van der Waals surface area contributed by atoms with E-state index in [1.165, 1.54) is 6.07 Å². The Kier molecular flexibility index (Phi) is 4.16. The zero-order chi connectivity index (χ0) is 13.8. The van der Waals surface area contributed by atoms with E-state index in [2.05, 4.69) is 9.88 Å².